The molecule has 1 aromatic heterocycles. The number of hydrogen-bond acceptors (Lipinski definition) is 5. The van der Waals surface area contributed by atoms with Crippen LogP contribution in [0.25, 0.3) is 0 Å². The molecule has 2 N–H and O–H groups in total. The van der Waals surface area contributed by atoms with Gasteiger partial charge in [0.1, 0.15) is 4.90 Å². The molecule has 3 rings (SSSR count). The molecule has 3 heterocycles. The van der Waals surface area contributed by atoms with Gasteiger partial charge in [-0.05, 0) is 46.6 Å². The number of aryl methyl sites for hydroxylation is 2. The lowest BCUT2D eigenvalue weighted by Crippen LogP contribution is -2.52. The first-order chi connectivity index (χ1) is 12.3. The van der Waals surface area contributed by atoms with Crippen molar-refractivity contribution in [2.45, 2.75) is 50.5 Å². The number of amides is 1. The first-order valence-corrected chi connectivity index (χ1v) is 10.8. The first kappa shape index (κ1) is 19.3. The fourth-order valence-corrected chi connectivity index (χ4v) is 5.94. The topological polar surface area (TPSA) is 98.4 Å². The Hall–Kier alpha value is -1.45. The van der Waals surface area contributed by atoms with Crippen molar-refractivity contribution < 1.29 is 13.2 Å². The SMILES string of the molecule is CNC1CCCN(C(=O)C2CCCN(S(=O)(=O)c3c(C)n[nH]c3C)C2)C1. The zero-order chi connectivity index (χ0) is 18.9. The molecule has 2 unspecified atom stereocenters. The quantitative estimate of drug-likeness (QED) is 0.795. The fraction of sp³-hybridized carbons (Fsp3) is 0.765. The van der Waals surface area contributed by atoms with Crippen molar-refractivity contribution in [1.29, 1.82) is 0 Å². The van der Waals surface area contributed by atoms with Gasteiger partial charge in [0.2, 0.25) is 15.9 Å². The number of piperidine rings is 2. The summed E-state index contributed by atoms with van der Waals surface area (Å²) in [7, 11) is -1.72. The molecular weight excluding hydrogens is 354 g/mol. The standard InChI is InChI=1S/C17H29N5O3S/c1-12-16(13(2)20-19-12)26(24,25)22-9-4-6-14(10-22)17(23)21-8-5-7-15(11-21)18-3/h14-15,18H,4-11H2,1-3H3,(H,19,20). The summed E-state index contributed by atoms with van der Waals surface area (Å²) < 4.78 is 27.6. The molecule has 26 heavy (non-hydrogen) atoms. The zero-order valence-electron chi connectivity index (χ0n) is 15.8. The summed E-state index contributed by atoms with van der Waals surface area (Å²) in [6.45, 7) is 5.58. The van der Waals surface area contributed by atoms with E-state index in [1.807, 2.05) is 11.9 Å². The summed E-state index contributed by atoms with van der Waals surface area (Å²) in [6.07, 6.45) is 3.51. The molecule has 2 atom stereocenters. The highest BCUT2D eigenvalue weighted by molar-refractivity contribution is 7.89. The van der Waals surface area contributed by atoms with Crippen LogP contribution in [0, 0.1) is 19.8 Å². The lowest BCUT2D eigenvalue weighted by Gasteiger charge is -2.37. The molecule has 1 amide bonds. The lowest BCUT2D eigenvalue weighted by atomic mass is 9.96. The number of aromatic nitrogens is 2. The Morgan fingerprint density at radius 2 is 1.92 bits per heavy atom. The summed E-state index contributed by atoms with van der Waals surface area (Å²) in [6, 6.07) is 0.326. The van der Waals surface area contributed by atoms with Crippen molar-refractivity contribution >= 4 is 15.9 Å². The molecule has 0 saturated carbocycles. The van der Waals surface area contributed by atoms with Crippen LogP contribution < -0.4 is 5.32 Å². The van der Waals surface area contributed by atoms with Gasteiger partial charge in [-0.2, -0.15) is 9.40 Å². The third kappa shape index (κ3) is 3.65. The van der Waals surface area contributed by atoms with Crippen molar-refractivity contribution in [2.24, 2.45) is 5.92 Å². The van der Waals surface area contributed by atoms with Crippen LogP contribution in [0.2, 0.25) is 0 Å². The van der Waals surface area contributed by atoms with Crippen molar-refractivity contribution in [1.82, 2.24) is 24.7 Å². The van der Waals surface area contributed by atoms with E-state index >= 15 is 0 Å². The number of rotatable bonds is 4. The lowest BCUT2D eigenvalue weighted by molar-refractivity contribution is -0.138. The zero-order valence-corrected chi connectivity index (χ0v) is 16.6. The van der Waals surface area contributed by atoms with Crippen molar-refractivity contribution in [3.05, 3.63) is 11.4 Å². The van der Waals surface area contributed by atoms with E-state index in [4.69, 9.17) is 0 Å². The number of nitrogens with zero attached hydrogens (tertiary/aromatic N) is 3. The number of sulfonamides is 1. The van der Waals surface area contributed by atoms with Gasteiger partial charge in [-0.15, -0.1) is 0 Å². The van der Waals surface area contributed by atoms with Gasteiger partial charge < -0.3 is 10.2 Å². The molecular formula is C17H29N5O3S. The maximum Gasteiger partial charge on any atom is 0.246 e. The fourth-order valence-electron chi connectivity index (χ4n) is 4.08. The molecule has 146 valence electrons. The third-order valence-corrected chi connectivity index (χ3v) is 7.66. The van der Waals surface area contributed by atoms with E-state index in [-0.39, 0.29) is 23.3 Å². The molecule has 2 aliphatic rings. The number of aromatic amines is 1. The Balaban J connectivity index is 1.74. The number of likely N-dealkylation sites (tertiary alicyclic amines) is 1. The first-order valence-electron chi connectivity index (χ1n) is 9.32. The molecule has 0 aromatic carbocycles. The van der Waals surface area contributed by atoms with E-state index in [1.54, 1.807) is 13.8 Å². The highest BCUT2D eigenvalue weighted by Crippen LogP contribution is 2.28. The van der Waals surface area contributed by atoms with Crippen LogP contribution in [-0.4, -0.2) is 73.0 Å². The molecule has 1 aromatic rings. The second-order valence-electron chi connectivity index (χ2n) is 7.38. The Morgan fingerprint density at radius 3 is 2.58 bits per heavy atom. The van der Waals surface area contributed by atoms with Gasteiger partial charge in [0.25, 0.3) is 0 Å². The molecule has 0 aliphatic carbocycles. The molecule has 0 spiro atoms. The number of H-pyrrole nitrogens is 1. The highest BCUT2D eigenvalue weighted by atomic mass is 32.2. The van der Waals surface area contributed by atoms with Crippen LogP contribution in [0.1, 0.15) is 37.1 Å². The van der Waals surface area contributed by atoms with E-state index in [0.717, 1.165) is 25.8 Å². The summed E-state index contributed by atoms with van der Waals surface area (Å²) in [4.78, 5) is 15.1. The maximum atomic E-state index is 13.1. The predicted octanol–water partition coefficient (Wildman–Crippen LogP) is 0.638. The summed E-state index contributed by atoms with van der Waals surface area (Å²) in [5.74, 6) is -0.174. The summed E-state index contributed by atoms with van der Waals surface area (Å²) >= 11 is 0. The maximum absolute atomic E-state index is 13.1. The number of likely N-dealkylation sites (N-methyl/N-ethyl adjacent to an activating group) is 1. The van der Waals surface area contributed by atoms with Crippen LogP contribution in [-0.2, 0) is 14.8 Å². The molecule has 2 fully saturated rings. The monoisotopic (exact) mass is 383 g/mol. The largest absolute Gasteiger partial charge is 0.341 e. The molecule has 2 aliphatic heterocycles. The van der Waals surface area contributed by atoms with Gasteiger partial charge in [-0.25, -0.2) is 8.42 Å². The molecule has 2 saturated heterocycles. The minimum Gasteiger partial charge on any atom is -0.341 e. The molecule has 8 nitrogen and oxygen atoms in total. The number of carbonyl (C=O) groups is 1. The summed E-state index contributed by atoms with van der Waals surface area (Å²) in [5, 5.41) is 10.00. The Labute approximate surface area is 155 Å². The smallest absolute Gasteiger partial charge is 0.246 e. The Bertz CT molecular complexity index is 741. The van der Waals surface area contributed by atoms with Crippen molar-refractivity contribution in [3.8, 4) is 0 Å². The number of carbonyl (C=O) groups excluding carboxylic acids is 1. The second kappa shape index (κ2) is 7.66. The molecule has 9 heteroatoms. The van der Waals surface area contributed by atoms with Crippen LogP contribution in [0.4, 0.5) is 0 Å². The van der Waals surface area contributed by atoms with E-state index in [0.29, 0.717) is 36.9 Å². The second-order valence-corrected chi connectivity index (χ2v) is 9.25. The van der Waals surface area contributed by atoms with Crippen molar-refractivity contribution in [3.63, 3.8) is 0 Å². The van der Waals surface area contributed by atoms with E-state index in [2.05, 4.69) is 15.5 Å². The summed E-state index contributed by atoms with van der Waals surface area (Å²) in [5.41, 5.74) is 1.02. The van der Waals surface area contributed by atoms with E-state index in [9.17, 15) is 13.2 Å². The Kier molecular flexibility index (Phi) is 5.69. The number of nitrogens with one attached hydrogen (secondary N) is 2. The normalized spacial score (nSPS) is 25.4. The van der Waals surface area contributed by atoms with Crippen molar-refractivity contribution in [2.75, 3.05) is 33.2 Å². The van der Waals surface area contributed by atoms with E-state index < -0.39 is 10.0 Å². The van der Waals surface area contributed by atoms with Crippen LogP contribution in [0.15, 0.2) is 4.90 Å². The minimum absolute atomic E-state index is 0.0884. The van der Waals surface area contributed by atoms with Gasteiger partial charge in [0, 0.05) is 32.2 Å². The minimum atomic E-state index is -3.64. The Morgan fingerprint density at radius 1 is 1.19 bits per heavy atom. The van der Waals surface area contributed by atoms with Gasteiger partial charge in [-0.1, -0.05) is 0 Å². The predicted molar refractivity (Wildman–Crippen MR) is 98.2 cm³/mol. The average Bonchev–Trinajstić information content (AvgIpc) is 3.00. The highest BCUT2D eigenvalue weighted by Gasteiger charge is 2.37. The van der Waals surface area contributed by atoms with Gasteiger partial charge in [-0.3, -0.25) is 9.89 Å². The molecule has 0 radical (unpaired) electrons. The van der Waals surface area contributed by atoms with E-state index in [1.165, 1.54) is 4.31 Å². The van der Waals surface area contributed by atoms with Crippen LogP contribution >= 0.6 is 0 Å². The van der Waals surface area contributed by atoms with Gasteiger partial charge in [0.15, 0.2) is 0 Å². The van der Waals surface area contributed by atoms with Crippen LogP contribution in [0.3, 0.4) is 0 Å². The number of hydrogen-bond donors (Lipinski definition) is 2. The third-order valence-electron chi connectivity index (χ3n) is 5.53. The van der Waals surface area contributed by atoms with Crippen LogP contribution in [0.5, 0.6) is 0 Å². The van der Waals surface area contributed by atoms with Gasteiger partial charge in [0.05, 0.1) is 17.3 Å². The molecule has 0 bridgehead atoms. The average molecular weight is 384 g/mol. The van der Waals surface area contributed by atoms with Gasteiger partial charge >= 0.3 is 0 Å².